The van der Waals surface area contributed by atoms with E-state index in [4.69, 9.17) is 4.42 Å². The van der Waals surface area contributed by atoms with Crippen LogP contribution in [-0.4, -0.2) is 46.0 Å². The second-order valence-corrected chi connectivity index (χ2v) is 10.4. The summed E-state index contributed by atoms with van der Waals surface area (Å²) in [5.41, 5.74) is 3.67. The first-order valence-corrected chi connectivity index (χ1v) is 12.1. The zero-order valence-corrected chi connectivity index (χ0v) is 19.0. The monoisotopic (exact) mass is 458 g/mol. The smallest absolute Gasteiger partial charge is 0.390 e. The van der Waals surface area contributed by atoms with E-state index in [2.05, 4.69) is 20.2 Å². The number of benzene rings is 1. The quantitative estimate of drug-likeness (QED) is 0.618. The first-order chi connectivity index (χ1) is 15.3. The van der Waals surface area contributed by atoms with Crippen LogP contribution in [-0.2, 0) is 10.2 Å². The summed E-state index contributed by atoms with van der Waals surface area (Å²) < 4.78 is 36.1. The van der Waals surface area contributed by atoms with E-state index in [-0.39, 0.29) is 17.7 Å². The van der Waals surface area contributed by atoms with E-state index in [9.17, 15) is 13.2 Å². The normalized spacial score (nSPS) is 22.4. The number of anilines is 1. The van der Waals surface area contributed by atoms with E-state index in [1.54, 1.807) is 12.4 Å². The predicted molar refractivity (Wildman–Crippen MR) is 118 cm³/mol. The minimum atomic E-state index is -3.90. The number of nitrogens with zero attached hydrogens (tertiary/aromatic N) is 4. The Hall–Kier alpha value is -2.92. The van der Waals surface area contributed by atoms with Gasteiger partial charge in [0.05, 0.1) is 5.69 Å². The molecule has 0 radical (unpaired) electrons. The molecule has 2 aromatic heterocycles. The second-order valence-electron chi connectivity index (χ2n) is 8.58. The summed E-state index contributed by atoms with van der Waals surface area (Å²) in [6.07, 6.45) is 4.86. The number of nitrogens with one attached hydrogen (secondary N) is 2. The molecule has 1 aromatic carbocycles. The molecule has 5 rings (SSSR count). The molecule has 0 spiro atoms. The lowest BCUT2D eigenvalue weighted by molar-refractivity contribution is 0.310. The van der Waals surface area contributed by atoms with Crippen molar-refractivity contribution in [2.24, 2.45) is 0 Å². The number of fused-ring (bicyclic) bond motifs is 1. The summed E-state index contributed by atoms with van der Waals surface area (Å²) in [5, 5.41) is 6.27. The standard InChI is InChI=1S/C21H26N6O4S/c1-12-4-5-16-17(13(12)2)14(3)18(20-24-25-21(28)31-20)27(16)32(29,30)26-10-6-15(7-11-26)19-22-8-9-23-19/h4-5,8-9,14-15,18H,6-7,10-11H2,1-3H3,(H,22,23)(H,25,28). The van der Waals surface area contributed by atoms with Gasteiger partial charge in [0.1, 0.15) is 11.9 Å². The molecule has 2 aliphatic rings. The minimum absolute atomic E-state index is 0.0739. The predicted octanol–water partition coefficient (Wildman–Crippen LogP) is 2.49. The Morgan fingerprint density at radius 1 is 1.19 bits per heavy atom. The molecule has 1 saturated heterocycles. The fraction of sp³-hybridized carbons (Fsp3) is 0.476. The highest BCUT2D eigenvalue weighted by Crippen LogP contribution is 2.52. The van der Waals surface area contributed by atoms with Crippen molar-refractivity contribution in [2.45, 2.75) is 51.5 Å². The van der Waals surface area contributed by atoms with Crippen molar-refractivity contribution in [1.29, 1.82) is 0 Å². The van der Waals surface area contributed by atoms with Crippen LogP contribution in [0.3, 0.4) is 0 Å². The molecule has 2 N–H and O–H groups in total. The maximum Gasteiger partial charge on any atom is 0.434 e. The third kappa shape index (κ3) is 3.18. The number of rotatable bonds is 4. The average molecular weight is 459 g/mol. The van der Waals surface area contributed by atoms with Gasteiger partial charge in [0.2, 0.25) is 5.89 Å². The van der Waals surface area contributed by atoms with Crippen molar-refractivity contribution >= 4 is 15.9 Å². The van der Waals surface area contributed by atoms with Crippen molar-refractivity contribution in [3.63, 3.8) is 0 Å². The van der Waals surface area contributed by atoms with Crippen LogP contribution in [0, 0.1) is 13.8 Å². The molecule has 2 aliphatic heterocycles. The number of aromatic amines is 2. The number of piperidine rings is 1. The molecule has 2 unspecified atom stereocenters. The lowest BCUT2D eigenvalue weighted by Crippen LogP contribution is -2.47. The summed E-state index contributed by atoms with van der Waals surface area (Å²) in [4.78, 5) is 19.1. The van der Waals surface area contributed by atoms with Crippen molar-refractivity contribution < 1.29 is 12.8 Å². The molecule has 0 amide bonds. The van der Waals surface area contributed by atoms with Gasteiger partial charge in [0.15, 0.2) is 0 Å². The number of hydrogen-bond acceptors (Lipinski definition) is 6. The highest BCUT2D eigenvalue weighted by atomic mass is 32.2. The van der Waals surface area contributed by atoms with Crippen LogP contribution in [0.4, 0.5) is 5.69 Å². The van der Waals surface area contributed by atoms with Crippen LogP contribution < -0.4 is 10.1 Å². The molecule has 3 aromatic rings. The van der Waals surface area contributed by atoms with Gasteiger partial charge in [-0.15, -0.1) is 5.10 Å². The van der Waals surface area contributed by atoms with Gasteiger partial charge in [-0.2, -0.15) is 12.7 Å². The van der Waals surface area contributed by atoms with Gasteiger partial charge < -0.3 is 9.40 Å². The maximum atomic E-state index is 13.9. The summed E-state index contributed by atoms with van der Waals surface area (Å²) in [7, 11) is -3.90. The summed E-state index contributed by atoms with van der Waals surface area (Å²) >= 11 is 0. The Labute approximate surface area is 185 Å². The van der Waals surface area contributed by atoms with Gasteiger partial charge in [0, 0.05) is 37.3 Å². The molecule has 11 heteroatoms. The number of hydrogen-bond donors (Lipinski definition) is 2. The number of aromatic nitrogens is 4. The average Bonchev–Trinajstić information content (AvgIpc) is 3.50. The molecule has 0 saturated carbocycles. The molecule has 170 valence electrons. The van der Waals surface area contributed by atoms with Crippen molar-refractivity contribution in [3.05, 3.63) is 63.5 Å². The van der Waals surface area contributed by atoms with Gasteiger partial charge in [-0.3, -0.25) is 0 Å². The van der Waals surface area contributed by atoms with E-state index >= 15 is 0 Å². The third-order valence-corrected chi connectivity index (χ3v) is 8.76. The zero-order chi connectivity index (χ0) is 22.6. The molecule has 10 nitrogen and oxygen atoms in total. The van der Waals surface area contributed by atoms with E-state index in [1.807, 2.05) is 32.9 Å². The zero-order valence-electron chi connectivity index (χ0n) is 18.2. The minimum Gasteiger partial charge on any atom is -0.390 e. The SMILES string of the molecule is Cc1ccc2c(c1C)C(C)C(c1n[nH]c(=O)o1)N2S(=O)(=O)N1CCC(c2ncc[nH]2)CC1. The highest BCUT2D eigenvalue weighted by molar-refractivity contribution is 7.90. The number of imidazole rings is 1. The van der Waals surface area contributed by atoms with Gasteiger partial charge in [0.25, 0.3) is 0 Å². The molecule has 2 atom stereocenters. The van der Waals surface area contributed by atoms with Crippen molar-refractivity contribution in [3.8, 4) is 0 Å². The molecule has 4 heterocycles. The van der Waals surface area contributed by atoms with Crippen LogP contribution in [0.25, 0.3) is 0 Å². The van der Waals surface area contributed by atoms with Crippen LogP contribution >= 0.6 is 0 Å². The highest BCUT2D eigenvalue weighted by Gasteiger charge is 2.49. The van der Waals surface area contributed by atoms with Crippen LogP contribution in [0.2, 0.25) is 0 Å². The summed E-state index contributed by atoms with van der Waals surface area (Å²) in [6.45, 7) is 6.71. The lowest BCUT2D eigenvalue weighted by atomic mass is 9.91. The first kappa shape index (κ1) is 21.0. The van der Waals surface area contributed by atoms with Gasteiger partial charge in [-0.05, 0) is 49.4 Å². The Bertz CT molecular complexity index is 1290. The fourth-order valence-electron chi connectivity index (χ4n) is 5.04. The molecule has 1 fully saturated rings. The Morgan fingerprint density at radius 2 is 1.94 bits per heavy atom. The van der Waals surface area contributed by atoms with Gasteiger partial charge in [-0.1, -0.05) is 13.0 Å². The van der Waals surface area contributed by atoms with Crippen LogP contribution in [0.5, 0.6) is 0 Å². The maximum absolute atomic E-state index is 13.9. The van der Waals surface area contributed by atoms with Gasteiger partial charge in [-0.25, -0.2) is 19.2 Å². The molecule has 32 heavy (non-hydrogen) atoms. The number of aryl methyl sites for hydroxylation is 1. The second kappa shape index (κ2) is 7.59. The van der Waals surface area contributed by atoms with E-state index in [1.165, 1.54) is 8.61 Å². The van der Waals surface area contributed by atoms with Crippen molar-refractivity contribution in [2.75, 3.05) is 17.4 Å². The topological polar surface area (TPSA) is 128 Å². The lowest BCUT2D eigenvalue weighted by Gasteiger charge is -2.36. The molecule has 0 aliphatic carbocycles. The molecular weight excluding hydrogens is 432 g/mol. The first-order valence-electron chi connectivity index (χ1n) is 10.7. The Kier molecular flexibility index (Phi) is 4.97. The van der Waals surface area contributed by atoms with Crippen molar-refractivity contribution in [1.82, 2.24) is 24.5 Å². The Morgan fingerprint density at radius 3 is 2.56 bits per heavy atom. The van der Waals surface area contributed by atoms with Crippen LogP contribution in [0.15, 0.2) is 33.7 Å². The fourth-order valence-corrected chi connectivity index (χ4v) is 6.92. The van der Waals surface area contributed by atoms with E-state index in [0.29, 0.717) is 31.6 Å². The molecule has 0 bridgehead atoms. The van der Waals surface area contributed by atoms with Gasteiger partial charge >= 0.3 is 16.0 Å². The largest absolute Gasteiger partial charge is 0.434 e. The molecular formula is C21H26N6O4S. The third-order valence-electron chi connectivity index (χ3n) is 6.82. The summed E-state index contributed by atoms with van der Waals surface area (Å²) in [6, 6.07) is 3.03. The Balaban J connectivity index is 1.53. The summed E-state index contributed by atoms with van der Waals surface area (Å²) in [5.74, 6) is 0.236. The van der Waals surface area contributed by atoms with Crippen LogP contribution in [0.1, 0.15) is 66.0 Å². The van der Waals surface area contributed by atoms with E-state index in [0.717, 1.165) is 22.5 Å². The van der Waals surface area contributed by atoms with E-state index < -0.39 is 22.0 Å². The number of H-pyrrole nitrogens is 2.